The van der Waals surface area contributed by atoms with Gasteiger partial charge in [0, 0.05) is 38.1 Å². The lowest BCUT2D eigenvalue weighted by Crippen LogP contribution is -2.56. The van der Waals surface area contributed by atoms with Crippen molar-refractivity contribution in [2.75, 3.05) is 19.6 Å². The summed E-state index contributed by atoms with van der Waals surface area (Å²) in [6.07, 6.45) is 11.2. The molecule has 1 aromatic rings. The molecule has 3 nitrogen and oxygen atoms in total. The highest BCUT2D eigenvalue weighted by atomic mass is 16.3. The molecule has 21 heavy (non-hydrogen) atoms. The van der Waals surface area contributed by atoms with Crippen molar-refractivity contribution in [1.29, 1.82) is 0 Å². The van der Waals surface area contributed by atoms with E-state index in [9.17, 15) is 0 Å². The SMILES string of the molecule is CC(CCc1ccco1)N1CCNC(C2CCCCC2)C1. The van der Waals surface area contributed by atoms with Gasteiger partial charge in [-0.1, -0.05) is 19.3 Å². The first-order chi connectivity index (χ1) is 10.3. The predicted molar refractivity (Wildman–Crippen MR) is 86.4 cm³/mol. The maximum atomic E-state index is 5.46. The summed E-state index contributed by atoms with van der Waals surface area (Å²) < 4.78 is 5.46. The average Bonchev–Trinajstić information content (AvgIpc) is 3.07. The molecule has 0 amide bonds. The number of hydrogen-bond donors (Lipinski definition) is 1. The van der Waals surface area contributed by atoms with E-state index in [1.807, 2.05) is 6.07 Å². The Bertz CT molecular complexity index is 397. The Kier molecular flexibility index (Phi) is 5.37. The van der Waals surface area contributed by atoms with Crippen LogP contribution in [-0.2, 0) is 6.42 Å². The average molecular weight is 290 g/mol. The van der Waals surface area contributed by atoms with Crippen LogP contribution in [0.15, 0.2) is 22.8 Å². The summed E-state index contributed by atoms with van der Waals surface area (Å²) in [6, 6.07) is 5.47. The van der Waals surface area contributed by atoms with E-state index >= 15 is 0 Å². The molecule has 0 spiro atoms. The van der Waals surface area contributed by atoms with Gasteiger partial charge in [0.1, 0.15) is 5.76 Å². The summed E-state index contributed by atoms with van der Waals surface area (Å²) in [5, 5.41) is 3.78. The molecule has 1 N–H and O–H groups in total. The Morgan fingerprint density at radius 3 is 2.95 bits per heavy atom. The van der Waals surface area contributed by atoms with Crippen LogP contribution in [0.25, 0.3) is 0 Å². The number of furan rings is 1. The highest BCUT2D eigenvalue weighted by molar-refractivity contribution is 4.98. The largest absolute Gasteiger partial charge is 0.469 e. The van der Waals surface area contributed by atoms with Gasteiger partial charge in [-0.25, -0.2) is 0 Å². The Hall–Kier alpha value is -0.800. The second kappa shape index (κ2) is 7.46. The molecule has 1 saturated heterocycles. The molecule has 1 saturated carbocycles. The topological polar surface area (TPSA) is 28.4 Å². The second-order valence-electron chi connectivity index (χ2n) is 6.92. The van der Waals surface area contributed by atoms with E-state index in [-0.39, 0.29) is 0 Å². The van der Waals surface area contributed by atoms with Crippen LogP contribution < -0.4 is 5.32 Å². The second-order valence-corrected chi connectivity index (χ2v) is 6.92. The zero-order chi connectivity index (χ0) is 14.5. The standard InChI is InChI=1S/C18H30N2O/c1-15(9-10-17-8-5-13-21-17)20-12-11-19-18(14-20)16-6-3-2-4-7-16/h5,8,13,15-16,18-19H,2-4,6-7,9-12,14H2,1H3. The zero-order valence-electron chi connectivity index (χ0n) is 13.4. The minimum absolute atomic E-state index is 0.656. The highest BCUT2D eigenvalue weighted by Gasteiger charge is 2.29. The van der Waals surface area contributed by atoms with Gasteiger partial charge >= 0.3 is 0 Å². The monoisotopic (exact) mass is 290 g/mol. The predicted octanol–water partition coefficient (Wildman–Crippen LogP) is 3.45. The number of nitrogens with zero attached hydrogens (tertiary/aromatic N) is 1. The zero-order valence-corrected chi connectivity index (χ0v) is 13.4. The van der Waals surface area contributed by atoms with E-state index in [1.54, 1.807) is 6.26 Å². The molecule has 2 heterocycles. The summed E-state index contributed by atoms with van der Waals surface area (Å²) in [4.78, 5) is 2.69. The van der Waals surface area contributed by atoms with E-state index in [4.69, 9.17) is 4.42 Å². The fraction of sp³-hybridized carbons (Fsp3) is 0.778. The van der Waals surface area contributed by atoms with E-state index < -0.39 is 0 Å². The van der Waals surface area contributed by atoms with Crippen molar-refractivity contribution < 1.29 is 4.42 Å². The van der Waals surface area contributed by atoms with Crippen LogP contribution in [-0.4, -0.2) is 36.6 Å². The summed E-state index contributed by atoms with van der Waals surface area (Å²) in [7, 11) is 0. The van der Waals surface area contributed by atoms with E-state index in [2.05, 4.69) is 23.2 Å². The molecule has 0 aromatic carbocycles. The van der Waals surface area contributed by atoms with Crippen molar-refractivity contribution in [2.24, 2.45) is 5.92 Å². The fourth-order valence-electron chi connectivity index (χ4n) is 4.04. The number of nitrogens with one attached hydrogen (secondary N) is 1. The molecular weight excluding hydrogens is 260 g/mol. The van der Waals surface area contributed by atoms with Gasteiger partial charge in [0.05, 0.1) is 6.26 Å². The lowest BCUT2D eigenvalue weighted by atomic mass is 9.83. The third kappa shape index (κ3) is 4.10. The van der Waals surface area contributed by atoms with Crippen molar-refractivity contribution in [1.82, 2.24) is 10.2 Å². The van der Waals surface area contributed by atoms with Crippen LogP contribution in [0.5, 0.6) is 0 Å². The lowest BCUT2D eigenvalue weighted by Gasteiger charge is -2.41. The van der Waals surface area contributed by atoms with Crippen LogP contribution in [0.3, 0.4) is 0 Å². The molecule has 0 radical (unpaired) electrons. The molecule has 2 atom stereocenters. The van der Waals surface area contributed by atoms with Gasteiger partial charge in [-0.05, 0) is 44.2 Å². The van der Waals surface area contributed by atoms with Crippen molar-refractivity contribution in [3.05, 3.63) is 24.2 Å². The fourth-order valence-corrected chi connectivity index (χ4v) is 4.04. The van der Waals surface area contributed by atoms with E-state index in [1.165, 1.54) is 51.6 Å². The third-order valence-corrected chi connectivity index (χ3v) is 5.47. The molecule has 2 unspecified atom stereocenters. The molecule has 1 aromatic heterocycles. The van der Waals surface area contributed by atoms with E-state index in [0.717, 1.165) is 30.7 Å². The summed E-state index contributed by atoms with van der Waals surface area (Å²) in [6.45, 7) is 5.98. The number of aryl methyl sites for hydroxylation is 1. The van der Waals surface area contributed by atoms with Crippen LogP contribution >= 0.6 is 0 Å². The molecule has 1 aliphatic heterocycles. The molecule has 3 rings (SSSR count). The first kappa shape index (κ1) is 15.1. The van der Waals surface area contributed by atoms with Gasteiger partial charge in [0.15, 0.2) is 0 Å². The third-order valence-electron chi connectivity index (χ3n) is 5.47. The van der Waals surface area contributed by atoms with Crippen LogP contribution in [0.4, 0.5) is 0 Å². The first-order valence-electron chi connectivity index (χ1n) is 8.83. The minimum atomic E-state index is 0.656. The molecule has 2 fully saturated rings. The maximum absolute atomic E-state index is 5.46. The Morgan fingerprint density at radius 1 is 1.33 bits per heavy atom. The minimum Gasteiger partial charge on any atom is -0.469 e. The molecule has 1 aliphatic carbocycles. The first-order valence-corrected chi connectivity index (χ1v) is 8.83. The van der Waals surface area contributed by atoms with E-state index in [0.29, 0.717) is 6.04 Å². The number of rotatable bonds is 5. The van der Waals surface area contributed by atoms with Crippen molar-refractivity contribution >= 4 is 0 Å². The molecule has 118 valence electrons. The van der Waals surface area contributed by atoms with Gasteiger partial charge in [-0.2, -0.15) is 0 Å². The van der Waals surface area contributed by atoms with Gasteiger partial charge in [0.25, 0.3) is 0 Å². The molecule has 2 aliphatic rings. The van der Waals surface area contributed by atoms with Gasteiger partial charge < -0.3 is 9.73 Å². The van der Waals surface area contributed by atoms with Gasteiger partial charge in [0.2, 0.25) is 0 Å². The highest BCUT2D eigenvalue weighted by Crippen LogP contribution is 2.28. The quantitative estimate of drug-likeness (QED) is 0.900. The number of hydrogen-bond acceptors (Lipinski definition) is 3. The summed E-state index contributed by atoms with van der Waals surface area (Å²) >= 11 is 0. The molecule has 0 bridgehead atoms. The summed E-state index contributed by atoms with van der Waals surface area (Å²) in [5.74, 6) is 2.04. The van der Waals surface area contributed by atoms with Crippen molar-refractivity contribution in [3.63, 3.8) is 0 Å². The summed E-state index contributed by atoms with van der Waals surface area (Å²) in [5.41, 5.74) is 0. The Labute approximate surface area is 129 Å². The van der Waals surface area contributed by atoms with Crippen molar-refractivity contribution in [3.8, 4) is 0 Å². The van der Waals surface area contributed by atoms with Crippen LogP contribution in [0, 0.1) is 5.92 Å². The lowest BCUT2D eigenvalue weighted by molar-refractivity contribution is 0.110. The molecular formula is C18H30N2O. The van der Waals surface area contributed by atoms with Gasteiger partial charge in [-0.15, -0.1) is 0 Å². The van der Waals surface area contributed by atoms with Crippen LogP contribution in [0.1, 0.15) is 51.2 Å². The van der Waals surface area contributed by atoms with Crippen LogP contribution in [0.2, 0.25) is 0 Å². The maximum Gasteiger partial charge on any atom is 0.103 e. The van der Waals surface area contributed by atoms with Gasteiger partial charge in [-0.3, -0.25) is 4.90 Å². The Morgan fingerprint density at radius 2 is 2.19 bits per heavy atom. The smallest absolute Gasteiger partial charge is 0.103 e. The number of piperazine rings is 1. The normalized spacial score (nSPS) is 26.8. The Balaban J connectivity index is 1.47. The molecule has 3 heteroatoms. The van der Waals surface area contributed by atoms with Crippen molar-refractivity contribution in [2.45, 2.75) is 64.0 Å².